The van der Waals surface area contributed by atoms with E-state index >= 15 is 0 Å². The highest BCUT2D eigenvalue weighted by molar-refractivity contribution is 5.02. The molecule has 0 bridgehead atoms. The van der Waals surface area contributed by atoms with E-state index in [1.54, 1.807) is 0 Å². The van der Waals surface area contributed by atoms with Crippen molar-refractivity contribution in [1.82, 2.24) is 4.90 Å². The van der Waals surface area contributed by atoms with Crippen molar-refractivity contribution in [3.8, 4) is 0 Å². The van der Waals surface area contributed by atoms with Gasteiger partial charge in [0.15, 0.2) is 0 Å². The molecule has 0 radical (unpaired) electrons. The van der Waals surface area contributed by atoms with Gasteiger partial charge in [-0.25, -0.2) is 0 Å². The molecule has 1 heterocycles. The van der Waals surface area contributed by atoms with E-state index in [2.05, 4.69) is 11.8 Å². The third kappa shape index (κ3) is 1.57. The van der Waals surface area contributed by atoms with Crippen LogP contribution in [0.15, 0.2) is 0 Å². The molecule has 1 saturated heterocycles. The molecule has 1 aliphatic heterocycles. The number of nitrogens with two attached hydrogens (primary N) is 1. The number of hydrogen-bond acceptors (Lipinski definition) is 2. The standard InChI is InChI=1S/C9H18N2/c1-8-3-2-6-11(8)7-9(10)4-5-9/h8H,2-7,10H2,1H3. The van der Waals surface area contributed by atoms with Crippen molar-refractivity contribution < 1.29 is 0 Å². The summed E-state index contributed by atoms with van der Waals surface area (Å²) in [4.78, 5) is 2.55. The first-order valence-electron chi connectivity index (χ1n) is 4.73. The smallest absolute Gasteiger partial charge is 0.0284 e. The average Bonchev–Trinajstić information content (AvgIpc) is 2.54. The van der Waals surface area contributed by atoms with Crippen molar-refractivity contribution in [3.05, 3.63) is 0 Å². The molecule has 2 aliphatic rings. The van der Waals surface area contributed by atoms with Crippen LogP contribution < -0.4 is 5.73 Å². The van der Waals surface area contributed by atoms with Gasteiger partial charge in [-0.15, -0.1) is 0 Å². The molecule has 1 atom stereocenters. The lowest BCUT2D eigenvalue weighted by Gasteiger charge is -2.24. The lowest BCUT2D eigenvalue weighted by atomic mass is 10.2. The van der Waals surface area contributed by atoms with Crippen molar-refractivity contribution in [2.75, 3.05) is 13.1 Å². The molecule has 0 aromatic carbocycles. The Labute approximate surface area is 68.7 Å². The predicted octanol–water partition coefficient (Wildman–Crippen LogP) is 0.962. The van der Waals surface area contributed by atoms with Gasteiger partial charge in [-0.1, -0.05) is 0 Å². The maximum Gasteiger partial charge on any atom is 0.0284 e. The molecule has 64 valence electrons. The molecule has 0 amide bonds. The van der Waals surface area contributed by atoms with Crippen LogP contribution in [0.5, 0.6) is 0 Å². The lowest BCUT2D eigenvalue weighted by molar-refractivity contribution is 0.245. The minimum Gasteiger partial charge on any atom is -0.324 e. The molecule has 0 spiro atoms. The van der Waals surface area contributed by atoms with Gasteiger partial charge in [0.05, 0.1) is 0 Å². The van der Waals surface area contributed by atoms with Crippen LogP contribution in [0.25, 0.3) is 0 Å². The quantitative estimate of drug-likeness (QED) is 0.642. The van der Waals surface area contributed by atoms with Crippen LogP contribution in [0.1, 0.15) is 32.6 Å². The second kappa shape index (κ2) is 2.46. The van der Waals surface area contributed by atoms with Gasteiger partial charge in [-0.2, -0.15) is 0 Å². The van der Waals surface area contributed by atoms with E-state index < -0.39 is 0 Å². The van der Waals surface area contributed by atoms with Crippen molar-refractivity contribution in [3.63, 3.8) is 0 Å². The summed E-state index contributed by atoms with van der Waals surface area (Å²) in [5.41, 5.74) is 6.27. The molecule has 2 heteroatoms. The van der Waals surface area contributed by atoms with Crippen LogP contribution in [0, 0.1) is 0 Å². The fourth-order valence-corrected chi connectivity index (χ4v) is 1.95. The third-order valence-electron chi connectivity index (χ3n) is 3.10. The molecule has 2 N–H and O–H groups in total. The third-order valence-corrected chi connectivity index (χ3v) is 3.10. The number of rotatable bonds is 2. The SMILES string of the molecule is CC1CCCN1CC1(N)CC1. The molecule has 2 fully saturated rings. The summed E-state index contributed by atoms with van der Waals surface area (Å²) >= 11 is 0. The van der Waals surface area contributed by atoms with Gasteiger partial charge < -0.3 is 5.73 Å². The van der Waals surface area contributed by atoms with E-state index in [4.69, 9.17) is 5.73 Å². The van der Waals surface area contributed by atoms with Crippen LogP contribution in [0.2, 0.25) is 0 Å². The van der Waals surface area contributed by atoms with Crippen LogP contribution in [-0.4, -0.2) is 29.6 Å². The molecule has 1 saturated carbocycles. The van der Waals surface area contributed by atoms with E-state index in [9.17, 15) is 0 Å². The van der Waals surface area contributed by atoms with Crippen molar-refractivity contribution >= 4 is 0 Å². The Hall–Kier alpha value is -0.0800. The summed E-state index contributed by atoms with van der Waals surface area (Å²) in [6, 6.07) is 0.788. The molecular formula is C9H18N2. The average molecular weight is 154 g/mol. The number of likely N-dealkylation sites (tertiary alicyclic amines) is 1. The largest absolute Gasteiger partial charge is 0.324 e. The Morgan fingerprint density at radius 2 is 2.27 bits per heavy atom. The predicted molar refractivity (Wildman–Crippen MR) is 46.4 cm³/mol. The first-order chi connectivity index (χ1) is 5.20. The summed E-state index contributed by atoms with van der Waals surface area (Å²) in [6.45, 7) is 4.74. The van der Waals surface area contributed by atoms with E-state index in [0.29, 0.717) is 0 Å². The lowest BCUT2D eigenvalue weighted by Crippen LogP contribution is -2.40. The van der Waals surface area contributed by atoms with Crippen LogP contribution >= 0.6 is 0 Å². The first kappa shape index (κ1) is 7.56. The summed E-state index contributed by atoms with van der Waals surface area (Å²) in [5, 5.41) is 0. The number of hydrogen-bond donors (Lipinski definition) is 1. The van der Waals surface area contributed by atoms with Crippen LogP contribution in [0.4, 0.5) is 0 Å². The van der Waals surface area contributed by atoms with Gasteiger partial charge >= 0.3 is 0 Å². The zero-order valence-corrected chi connectivity index (χ0v) is 7.34. The molecule has 11 heavy (non-hydrogen) atoms. The first-order valence-corrected chi connectivity index (χ1v) is 4.73. The van der Waals surface area contributed by atoms with E-state index in [-0.39, 0.29) is 5.54 Å². The highest BCUT2D eigenvalue weighted by atomic mass is 15.2. The zero-order chi connectivity index (χ0) is 7.90. The maximum atomic E-state index is 6.05. The molecule has 0 aromatic heterocycles. The van der Waals surface area contributed by atoms with E-state index in [0.717, 1.165) is 12.6 Å². The number of nitrogens with zero attached hydrogens (tertiary/aromatic N) is 1. The molecule has 1 aliphatic carbocycles. The van der Waals surface area contributed by atoms with Gasteiger partial charge in [-0.05, 0) is 39.2 Å². The molecular weight excluding hydrogens is 136 g/mol. The Kier molecular flexibility index (Phi) is 1.69. The molecule has 1 unspecified atom stereocenters. The van der Waals surface area contributed by atoms with Gasteiger partial charge in [0.25, 0.3) is 0 Å². The van der Waals surface area contributed by atoms with Gasteiger partial charge in [0.2, 0.25) is 0 Å². The second-order valence-corrected chi connectivity index (χ2v) is 4.32. The van der Waals surface area contributed by atoms with Gasteiger partial charge in [0.1, 0.15) is 0 Å². The van der Waals surface area contributed by atoms with E-state index in [1.807, 2.05) is 0 Å². The summed E-state index contributed by atoms with van der Waals surface area (Å²) < 4.78 is 0. The van der Waals surface area contributed by atoms with Gasteiger partial charge in [0, 0.05) is 18.1 Å². The topological polar surface area (TPSA) is 29.3 Å². The fourth-order valence-electron chi connectivity index (χ4n) is 1.95. The molecule has 2 nitrogen and oxygen atoms in total. The normalized spacial score (nSPS) is 36.0. The summed E-state index contributed by atoms with van der Waals surface area (Å²) in [7, 11) is 0. The van der Waals surface area contributed by atoms with Crippen molar-refractivity contribution in [2.24, 2.45) is 5.73 Å². The molecule has 0 aromatic rings. The van der Waals surface area contributed by atoms with E-state index in [1.165, 1.54) is 32.2 Å². The van der Waals surface area contributed by atoms with Crippen molar-refractivity contribution in [2.45, 2.75) is 44.2 Å². The Morgan fingerprint density at radius 3 is 2.73 bits per heavy atom. The van der Waals surface area contributed by atoms with Crippen molar-refractivity contribution in [1.29, 1.82) is 0 Å². The van der Waals surface area contributed by atoms with Gasteiger partial charge in [-0.3, -0.25) is 4.90 Å². The minimum absolute atomic E-state index is 0.221. The monoisotopic (exact) mass is 154 g/mol. The minimum atomic E-state index is 0.221. The highest BCUT2D eigenvalue weighted by Gasteiger charge is 2.41. The highest BCUT2D eigenvalue weighted by Crippen LogP contribution is 2.34. The fraction of sp³-hybridized carbons (Fsp3) is 1.00. The second-order valence-electron chi connectivity index (χ2n) is 4.32. The Bertz CT molecular complexity index is 152. The Balaban J connectivity index is 1.85. The molecule has 2 rings (SSSR count). The van der Waals surface area contributed by atoms with Crippen LogP contribution in [0.3, 0.4) is 0 Å². The zero-order valence-electron chi connectivity index (χ0n) is 7.34. The summed E-state index contributed by atoms with van der Waals surface area (Å²) in [5.74, 6) is 0. The maximum absolute atomic E-state index is 6.05. The Morgan fingerprint density at radius 1 is 1.55 bits per heavy atom. The van der Waals surface area contributed by atoms with Crippen LogP contribution in [-0.2, 0) is 0 Å². The summed E-state index contributed by atoms with van der Waals surface area (Å²) in [6.07, 6.45) is 5.24.